The predicted molar refractivity (Wildman–Crippen MR) is 161 cm³/mol. The van der Waals surface area contributed by atoms with Gasteiger partial charge in [0, 0.05) is 29.7 Å². The minimum atomic E-state index is 0.0123. The van der Waals surface area contributed by atoms with Crippen LogP contribution in [0.15, 0.2) is 97.2 Å². The summed E-state index contributed by atoms with van der Waals surface area (Å²) in [5.74, 6) is 2.24. The Morgan fingerprint density at radius 1 is 1.15 bits per heavy atom. The summed E-state index contributed by atoms with van der Waals surface area (Å²) in [4.78, 5) is 4.99. The molecule has 202 valence electrons. The monoisotopic (exact) mass is 520 g/mol. The average Bonchev–Trinajstić information content (AvgIpc) is 3.40. The Morgan fingerprint density at radius 3 is 2.67 bits per heavy atom. The van der Waals surface area contributed by atoms with Crippen molar-refractivity contribution in [3.63, 3.8) is 0 Å². The molecule has 0 spiro atoms. The van der Waals surface area contributed by atoms with Gasteiger partial charge in [-0.1, -0.05) is 69.2 Å². The molecule has 2 atom stereocenters. The van der Waals surface area contributed by atoms with E-state index < -0.39 is 0 Å². The van der Waals surface area contributed by atoms with Crippen molar-refractivity contribution in [2.24, 2.45) is 18.0 Å². The summed E-state index contributed by atoms with van der Waals surface area (Å²) in [7, 11) is 2.15. The number of nitrogens with one attached hydrogen (secondary N) is 1. The maximum Gasteiger partial charge on any atom is 0.216 e. The number of ether oxygens (including phenoxy) is 1. The van der Waals surface area contributed by atoms with E-state index in [1.807, 2.05) is 12.2 Å². The quantitative estimate of drug-likeness (QED) is 0.300. The first kappa shape index (κ1) is 26.9. The highest BCUT2D eigenvalue weighted by Crippen LogP contribution is 2.38. The summed E-state index contributed by atoms with van der Waals surface area (Å²) in [5.41, 5.74) is 9.70. The number of rotatable bonds is 8. The predicted octanol–water partition coefficient (Wildman–Crippen LogP) is 7.02. The lowest BCUT2D eigenvalue weighted by Crippen LogP contribution is -2.35. The number of aliphatic imine (C=N–C) groups is 1. The molecule has 1 N–H and O–H groups in total. The van der Waals surface area contributed by atoms with Gasteiger partial charge < -0.3 is 10.1 Å². The third kappa shape index (κ3) is 5.56. The molecule has 1 aliphatic carbocycles. The van der Waals surface area contributed by atoms with Gasteiger partial charge in [-0.3, -0.25) is 4.99 Å². The van der Waals surface area contributed by atoms with E-state index in [9.17, 15) is 0 Å². The zero-order valence-corrected chi connectivity index (χ0v) is 23.6. The molecule has 1 aromatic carbocycles. The Kier molecular flexibility index (Phi) is 8.02. The molecule has 2 unspecified atom stereocenters. The number of benzene rings is 1. The first-order valence-electron chi connectivity index (χ1n) is 14.3. The lowest BCUT2D eigenvalue weighted by molar-refractivity contribution is -0.674. The summed E-state index contributed by atoms with van der Waals surface area (Å²) in [6, 6.07) is 10.9. The number of fused-ring (bicyclic) bond motifs is 1. The first-order valence-corrected chi connectivity index (χ1v) is 14.3. The molecule has 0 amide bonds. The second-order valence-corrected chi connectivity index (χ2v) is 11.3. The summed E-state index contributed by atoms with van der Waals surface area (Å²) in [6.45, 7) is 19.4. The Morgan fingerprint density at radius 2 is 1.92 bits per heavy atom. The number of hydrogen-bond donors (Lipinski definition) is 1. The van der Waals surface area contributed by atoms with Gasteiger partial charge in [0.2, 0.25) is 5.69 Å². The molecule has 3 heterocycles. The SMILES string of the molecule is C=CC1=NC(C=C)C(CCC2=C(c3cc(C)c(CC4CCCC4)c[n+]3C)C(=C)OC(=C)NC2)c2ccccc21. The van der Waals surface area contributed by atoms with Crippen LogP contribution in [0.4, 0.5) is 0 Å². The fourth-order valence-electron chi connectivity index (χ4n) is 6.65. The van der Waals surface area contributed by atoms with Gasteiger partial charge in [0.15, 0.2) is 12.1 Å². The van der Waals surface area contributed by atoms with Gasteiger partial charge in [-0.15, -0.1) is 6.58 Å². The molecule has 1 saturated carbocycles. The second-order valence-electron chi connectivity index (χ2n) is 11.3. The van der Waals surface area contributed by atoms with Gasteiger partial charge in [0.05, 0.1) is 17.3 Å². The fraction of sp³-hybridized carbons (Fsp3) is 0.371. The van der Waals surface area contributed by atoms with Crippen LogP contribution in [0, 0.1) is 12.8 Å². The van der Waals surface area contributed by atoms with Gasteiger partial charge in [-0.05, 0) is 61.5 Å². The molecule has 39 heavy (non-hydrogen) atoms. The Balaban J connectivity index is 1.49. The largest absolute Gasteiger partial charge is 0.442 e. The highest BCUT2D eigenvalue weighted by atomic mass is 16.5. The lowest BCUT2D eigenvalue weighted by atomic mass is 9.80. The van der Waals surface area contributed by atoms with Gasteiger partial charge in [-0.25, -0.2) is 4.57 Å². The highest BCUT2D eigenvalue weighted by Gasteiger charge is 2.31. The van der Waals surface area contributed by atoms with Crippen molar-refractivity contribution in [1.82, 2.24) is 5.32 Å². The van der Waals surface area contributed by atoms with Gasteiger partial charge in [0.25, 0.3) is 0 Å². The van der Waals surface area contributed by atoms with Crippen LogP contribution < -0.4 is 9.88 Å². The summed E-state index contributed by atoms with van der Waals surface area (Å²) >= 11 is 0. The molecular formula is C35H42N3O+. The summed E-state index contributed by atoms with van der Waals surface area (Å²) in [5, 5.41) is 3.36. The van der Waals surface area contributed by atoms with Crippen LogP contribution in [-0.4, -0.2) is 18.3 Å². The van der Waals surface area contributed by atoms with E-state index >= 15 is 0 Å². The number of nitrogens with zero attached hydrogens (tertiary/aromatic N) is 2. The van der Waals surface area contributed by atoms with Crippen LogP contribution in [0.2, 0.25) is 0 Å². The molecule has 4 nitrogen and oxygen atoms in total. The molecule has 3 aliphatic rings. The van der Waals surface area contributed by atoms with Crippen molar-refractivity contribution < 1.29 is 9.30 Å². The third-order valence-electron chi connectivity index (χ3n) is 8.74. The molecule has 1 aromatic heterocycles. The van der Waals surface area contributed by atoms with Crippen LogP contribution in [-0.2, 0) is 18.2 Å². The van der Waals surface area contributed by atoms with E-state index in [4.69, 9.17) is 9.73 Å². The minimum absolute atomic E-state index is 0.0123. The van der Waals surface area contributed by atoms with E-state index in [-0.39, 0.29) is 12.0 Å². The topological polar surface area (TPSA) is 37.5 Å². The van der Waals surface area contributed by atoms with E-state index in [1.165, 1.54) is 59.9 Å². The summed E-state index contributed by atoms with van der Waals surface area (Å²) < 4.78 is 8.30. The van der Waals surface area contributed by atoms with Crippen LogP contribution in [0.3, 0.4) is 0 Å². The maximum absolute atomic E-state index is 6.04. The van der Waals surface area contributed by atoms with Crippen molar-refractivity contribution in [1.29, 1.82) is 0 Å². The number of hydrogen-bond acceptors (Lipinski definition) is 3. The standard InChI is InChI=1S/C35H42N3O/c1-7-32-30-16-12-11-15-29(30)31(33(8-2)37-32)18-17-27-21-36-25(5)39-24(4)35(27)34-19-23(3)28(22-38(34)6)20-26-13-9-10-14-26/h7-8,11-12,15-16,19,22,26,31,33,36H,1-2,4-5,9-10,13-14,17-18,20-21H2,3,6H3/q+1. The summed E-state index contributed by atoms with van der Waals surface area (Å²) in [6.07, 6.45) is 14.6. The molecule has 0 radical (unpaired) electrons. The zero-order valence-electron chi connectivity index (χ0n) is 23.6. The molecule has 1 fully saturated rings. The Hall–Kier alpha value is -3.66. The average molecular weight is 521 g/mol. The smallest absolute Gasteiger partial charge is 0.216 e. The van der Waals surface area contributed by atoms with Crippen molar-refractivity contribution in [2.45, 2.75) is 63.8 Å². The highest BCUT2D eigenvalue weighted by molar-refractivity contribution is 6.10. The zero-order chi connectivity index (χ0) is 27.5. The number of aromatic nitrogens is 1. The van der Waals surface area contributed by atoms with Crippen LogP contribution in [0.1, 0.15) is 72.4 Å². The Bertz CT molecular complexity index is 1370. The van der Waals surface area contributed by atoms with Crippen molar-refractivity contribution in [3.05, 3.63) is 120 Å². The number of allylic oxidation sites excluding steroid dienone is 2. The molecule has 4 heteroatoms. The molecule has 5 rings (SSSR count). The molecule has 0 bridgehead atoms. The molecular weight excluding hydrogens is 478 g/mol. The van der Waals surface area contributed by atoms with E-state index in [0.717, 1.165) is 35.7 Å². The number of pyridine rings is 1. The fourth-order valence-corrected chi connectivity index (χ4v) is 6.65. The van der Waals surface area contributed by atoms with Gasteiger partial charge >= 0.3 is 0 Å². The molecule has 2 aliphatic heterocycles. The minimum Gasteiger partial charge on any atom is -0.442 e. The number of aryl methyl sites for hydroxylation is 2. The van der Waals surface area contributed by atoms with E-state index in [1.54, 1.807) is 0 Å². The molecule has 0 saturated heterocycles. The van der Waals surface area contributed by atoms with Crippen molar-refractivity contribution in [3.8, 4) is 0 Å². The van der Waals surface area contributed by atoms with E-state index in [0.29, 0.717) is 18.2 Å². The van der Waals surface area contributed by atoms with Gasteiger partial charge in [-0.2, -0.15) is 0 Å². The third-order valence-corrected chi connectivity index (χ3v) is 8.74. The van der Waals surface area contributed by atoms with Crippen LogP contribution >= 0.6 is 0 Å². The van der Waals surface area contributed by atoms with Gasteiger partial charge in [0.1, 0.15) is 12.8 Å². The van der Waals surface area contributed by atoms with E-state index in [2.05, 4.69) is 86.7 Å². The molecule has 2 aromatic rings. The van der Waals surface area contributed by atoms with Crippen molar-refractivity contribution in [2.75, 3.05) is 6.54 Å². The first-order chi connectivity index (χ1) is 18.9. The van der Waals surface area contributed by atoms with Crippen molar-refractivity contribution >= 4 is 11.3 Å². The lowest BCUT2D eigenvalue weighted by Gasteiger charge is -2.30. The van der Waals surface area contributed by atoms with Crippen LogP contribution in [0.25, 0.3) is 5.57 Å². The second kappa shape index (κ2) is 11.6. The normalized spacial score (nSPS) is 21.5. The Labute approximate surface area is 234 Å². The maximum atomic E-state index is 6.04. The van der Waals surface area contributed by atoms with Crippen LogP contribution in [0.5, 0.6) is 0 Å².